The average Bonchev–Trinajstić information content (AvgIpc) is 3.13. The van der Waals surface area contributed by atoms with Crippen LogP contribution < -0.4 is 10.6 Å². The summed E-state index contributed by atoms with van der Waals surface area (Å²) < 4.78 is 10.3. The van der Waals surface area contributed by atoms with E-state index >= 15 is 0 Å². The molecular formula is C25H27Cl3N2O4. The van der Waals surface area contributed by atoms with Crippen LogP contribution in [0.15, 0.2) is 42.5 Å². The van der Waals surface area contributed by atoms with Gasteiger partial charge < -0.3 is 20.1 Å². The molecular weight excluding hydrogens is 499 g/mol. The number of nitrogens with one attached hydrogen (secondary N) is 2. The van der Waals surface area contributed by atoms with Crippen LogP contribution in [0.3, 0.4) is 0 Å². The number of hydrogen-bond acceptors (Lipinski definition) is 4. The van der Waals surface area contributed by atoms with Crippen LogP contribution >= 0.6 is 34.8 Å². The van der Waals surface area contributed by atoms with Crippen LogP contribution in [0.25, 0.3) is 0 Å². The van der Waals surface area contributed by atoms with Crippen LogP contribution in [0, 0.1) is 5.92 Å². The molecule has 2 fully saturated rings. The van der Waals surface area contributed by atoms with Crippen molar-refractivity contribution >= 4 is 46.6 Å². The second kappa shape index (κ2) is 10.8. The van der Waals surface area contributed by atoms with Gasteiger partial charge in [0.15, 0.2) is 0 Å². The summed E-state index contributed by atoms with van der Waals surface area (Å²) in [5, 5.41) is 7.82. The largest absolute Gasteiger partial charge is 0.382 e. The summed E-state index contributed by atoms with van der Waals surface area (Å²) >= 11 is 19.0. The van der Waals surface area contributed by atoms with E-state index in [2.05, 4.69) is 10.6 Å². The minimum atomic E-state index is -1.03. The highest BCUT2D eigenvalue weighted by molar-refractivity contribution is 6.35. The number of carbonyl (C=O) groups excluding carboxylic acids is 2. The first-order valence-electron chi connectivity index (χ1n) is 11.2. The minimum Gasteiger partial charge on any atom is -0.382 e. The summed E-state index contributed by atoms with van der Waals surface area (Å²) in [6.07, 6.45) is 1.14. The second-order valence-electron chi connectivity index (χ2n) is 8.77. The molecule has 2 aromatic rings. The standard InChI is InChI=1S/C25H27Cl3N2O4/c1-33-10-11-34-14-22(31)30-25-9-8-19(18-7-6-17(27)12-21(18)28)23(20(25)13-29-24(25)32)15-2-4-16(26)5-3-15/h2-7,12,19-20,23H,8-11,13-14H2,1H3,(H,29,32)(H,30,31)/t19-,20-,23-,25-/m0/s1. The van der Waals surface area contributed by atoms with Gasteiger partial charge in [0, 0.05) is 34.6 Å². The fraction of sp³-hybridized carbons (Fsp3) is 0.440. The van der Waals surface area contributed by atoms with Crippen molar-refractivity contribution in [3.05, 3.63) is 68.7 Å². The third kappa shape index (κ3) is 5.07. The molecule has 2 aliphatic rings. The Bertz CT molecular complexity index is 1050. The summed E-state index contributed by atoms with van der Waals surface area (Å²) in [7, 11) is 1.57. The van der Waals surface area contributed by atoms with Crippen LogP contribution in [-0.2, 0) is 19.1 Å². The van der Waals surface area contributed by atoms with E-state index in [1.165, 1.54) is 0 Å². The van der Waals surface area contributed by atoms with Crippen LogP contribution in [0.5, 0.6) is 0 Å². The lowest BCUT2D eigenvalue weighted by molar-refractivity contribution is -0.136. The van der Waals surface area contributed by atoms with Crippen molar-refractivity contribution < 1.29 is 19.1 Å². The average molecular weight is 526 g/mol. The lowest BCUT2D eigenvalue weighted by atomic mass is 9.60. The second-order valence-corrected chi connectivity index (χ2v) is 10.0. The summed E-state index contributed by atoms with van der Waals surface area (Å²) in [6.45, 7) is 1.00. The van der Waals surface area contributed by atoms with Crippen molar-refractivity contribution in [3.8, 4) is 0 Å². The van der Waals surface area contributed by atoms with Crippen LogP contribution in [0.2, 0.25) is 15.1 Å². The molecule has 1 aliphatic heterocycles. The fourth-order valence-corrected chi connectivity index (χ4v) is 6.06. The van der Waals surface area contributed by atoms with E-state index in [1.54, 1.807) is 13.2 Å². The normalized spacial score (nSPS) is 26.1. The molecule has 9 heteroatoms. The number of methoxy groups -OCH3 is 1. The molecule has 1 saturated heterocycles. The molecule has 2 aromatic carbocycles. The van der Waals surface area contributed by atoms with Gasteiger partial charge in [0.05, 0.1) is 13.2 Å². The zero-order valence-corrected chi connectivity index (χ0v) is 21.1. The maximum Gasteiger partial charge on any atom is 0.246 e. The number of benzene rings is 2. The Morgan fingerprint density at radius 2 is 1.85 bits per heavy atom. The Morgan fingerprint density at radius 1 is 1.12 bits per heavy atom. The number of hydrogen-bond donors (Lipinski definition) is 2. The molecule has 1 heterocycles. The van der Waals surface area contributed by atoms with Gasteiger partial charge in [-0.25, -0.2) is 0 Å². The Kier molecular flexibility index (Phi) is 8.05. The lowest BCUT2D eigenvalue weighted by Crippen LogP contribution is -2.61. The maximum absolute atomic E-state index is 13.2. The SMILES string of the molecule is COCCOCC(=O)N[C@@]12CC[C@@H](c3ccc(Cl)cc3Cl)[C@H](c3ccc(Cl)cc3)[C@@H]1CNC2=O. The first-order valence-corrected chi connectivity index (χ1v) is 12.4. The molecule has 0 spiro atoms. The van der Waals surface area contributed by atoms with E-state index in [1.807, 2.05) is 36.4 Å². The number of amides is 2. The predicted molar refractivity (Wildman–Crippen MR) is 133 cm³/mol. The van der Waals surface area contributed by atoms with E-state index in [4.69, 9.17) is 44.3 Å². The molecule has 6 nitrogen and oxygen atoms in total. The van der Waals surface area contributed by atoms with Gasteiger partial charge in [0.1, 0.15) is 12.1 Å². The van der Waals surface area contributed by atoms with Crippen molar-refractivity contribution in [1.29, 1.82) is 0 Å². The van der Waals surface area contributed by atoms with E-state index in [0.29, 0.717) is 47.7 Å². The zero-order valence-electron chi connectivity index (χ0n) is 18.8. The number of ether oxygens (including phenoxy) is 2. The third-order valence-corrected chi connectivity index (χ3v) is 7.70. The summed E-state index contributed by atoms with van der Waals surface area (Å²) in [5.41, 5.74) is 0.992. The van der Waals surface area contributed by atoms with Gasteiger partial charge in [-0.2, -0.15) is 0 Å². The Balaban J connectivity index is 1.68. The van der Waals surface area contributed by atoms with Crippen LogP contribution in [0.4, 0.5) is 0 Å². The molecule has 4 rings (SSSR count). The molecule has 0 unspecified atom stereocenters. The third-order valence-electron chi connectivity index (χ3n) is 6.88. The Labute approximate surface area is 214 Å². The highest BCUT2D eigenvalue weighted by Gasteiger charge is 2.58. The zero-order chi connectivity index (χ0) is 24.3. The van der Waals surface area contributed by atoms with Gasteiger partial charge in [-0.05, 0) is 60.1 Å². The highest BCUT2D eigenvalue weighted by Crippen LogP contribution is 2.54. The Morgan fingerprint density at radius 3 is 2.56 bits per heavy atom. The molecule has 1 aliphatic carbocycles. The lowest BCUT2D eigenvalue weighted by Gasteiger charge is -2.46. The van der Waals surface area contributed by atoms with Gasteiger partial charge in [-0.1, -0.05) is 53.0 Å². The molecule has 34 heavy (non-hydrogen) atoms. The molecule has 0 aromatic heterocycles. The Hall–Kier alpha value is -1.83. The number of fused-ring (bicyclic) bond motifs is 1. The highest BCUT2D eigenvalue weighted by atomic mass is 35.5. The van der Waals surface area contributed by atoms with Gasteiger partial charge in [0.25, 0.3) is 0 Å². The number of rotatable bonds is 8. The van der Waals surface area contributed by atoms with Crippen molar-refractivity contribution in [2.24, 2.45) is 5.92 Å². The van der Waals surface area contributed by atoms with Gasteiger partial charge in [0.2, 0.25) is 11.8 Å². The fourth-order valence-electron chi connectivity index (χ4n) is 5.38. The number of carbonyl (C=O) groups is 2. The summed E-state index contributed by atoms with van der Waals surface area (Å²) in [4.78, 5) is 26.0. The van der Waals surface area contributed by atoms with Crippen LogP contribution in [0.1, 0.15) is 35.8 Å². The first kappa shape index (κ1) is 25.3. The topological polar surface area (TPSA) is 76.7 Å². The van der Waals surface area contributed by atoms with Gasteiger partial charge in [-0.3, -0.25) is 9.59 Å². The first-order chi connectivity index (χ1) is 16.4. The van der Waals surface area contributed by atoms with Crippen molar-refractivity contribution in [2.75, 3.05) is 33.5 Å². The van der Waals surface area contributed by atoms with E-state index in [-0.39, 0.29) is 36.2 Å². The van der Waals surface area contributed by atoms with Crippen molar-refractivity contribution in [2.45, 2.75) is 30.2 Å². The van der Waals surface area contributed by atoms with Crippen molar-refractivity contribution in [1.82, 2.24) is 10.6 Å². The van der Waals surface area contributed by atoms with E-state index in [0.717, 1.165) is 11.1 Å². The molecule has 0 radical (unpaired) electrons. The molecule has 2 N–H and O–H groups in total. The minimum absolute atomic E-state index is 0.0339. The smallest absolute Gasteiger partial charge is 0.246 e. The van der Waals surface area contributed by atoms with Gasteiger partial charge in [-0.15, -0.1) is 0 Å². The molecule has 182 valence electrons. The van der Waals surface area contributed by atoms with E-state index in [9.17, 15) is 9.59 Å². The summed E-state index contributed by atoms with van der Waals surface area (Å²) in [5.74, 6) is -0.724. The van der Waals surface area contributed by atoms with E-state index < -0.39 is 5.54 Å². The predicted octanol–water partition coefficient (Wildman–Crippen LogP) is 4.57. The quantitative estimate of drug-likeness (QED) is 0.495. The number of halogens is 3. The maximum atomic E-state index is 13.2. The molecule has 2 amide bonds. The van der Waals surface area contributed by atoms with Crippen molar-refractivity contribution in [3.63, 3.8) is 0 Å². The summed E-state index contributed by atoms with van der Waals surface area (Å²) in [6, 6.07) is 13.2. The molecule has 4 atom stereocenters. The monoisotopic (exact) mass is 524 g/mol. The van der Waals surface area contributed by atoms with Crippen LogP contribution in [-0.4, -0.2) is 50.8 Å². The molecule has 1 saturated carbocycles. The molecule has 0 bridgehead atoms. The van der Waals surface area contributed by atoms with Gasteiger partial charge >= 0.3 is 0 Å².